The number of nitrogens with two attached hydrogens (primary N) is 1. The first-order valence-electron chi connectivity index (χ1n) is 10.7. The van der Waals surface area contributed by atoms with Crippen LogP contribution in [0, 0.1) is 0 Å². The zero-order chi connectivity index (χ0) is 22.7. The number of H-pyrrole nitrogens is 1. The van der Waals surface area contributed by atoms with Crippen LogP contribution in [0.4, 0.5) is 11.4 Å². The molecular weight excluding hydrogens is 408 g/mol. The molecule has 2 heterocycles. The lowest BCUT2D eigenvalue weighted by atomic mass is 10.1. The number of hydrogen-bond donors (Lipinski definition) is 4. The van der Waals surface area contributed by atoms with E-state index in [0.29, 0.717) is 11.1 Å². The third kappa shape index (κ3) is 4.41. The van der Waals surface area contributed by atoms with E-state index in [9.17, 15) is 14.4 Å². The van der Waals surface area contributed by atoms with Gasteiger partial charge < -0.3 is 21.3 Å². The SMILES string of the molecule is CC(NC(=O)c1n[nH]c2ccccc12)C(=O)Nc1ccc(N2CCCCC2)cc1C(N)=O. The van der Waals surface area contributed by atoms with Gasteiger partial charge in [-0.25, -0.2) is 0 Å². The van der Waals surface area contributed by atoms with Gasteiger partial charge in [-0.1, -0.05) is 18.2 Å². The van der Waals surface area contributed by atoms with Crippen LogP contribution in [0.2, 0.25) is 0 Å². The van der Waals surface area contributed by atoms with E-state index in [0.717, 1.165) is 37.1 Å². The van der Waals surface area contributed by atoms with Crippen LogP contribution in [0.3, 0.4) is 0 Å². The number of benzene rings is 2. The molecule has 3 aromatic rings. The molecule has 0 saturated carbocycles. The maximum atomic E-state index is 12.7. The summed E-state index contributed by atoms with van der Waals surface area (Å²) in [5.74, 6) is -1.56. The van der Waals surface area contributed by atoms with Crippen LogP contribution < -0.4 is 21.3 Å². The van der Waals surface area contributed by atoms with Crippen molar-refractivity contribution in [1.29, 1.82) is 0 Å². The molecule has 3 amide bonds. The molecular formula is C23H26N6O3. The fraction of sp³-hybridized carbons (Fsp3) is 0.304. The lowest BCUT2D eigenvalue weighted by molar-refractivity contribution is -0.117. The van der Waals surface area contributed by atoms with Crippen molar-refractivity contribution in [2.75, 3.05) is 23.3 Å². The number of carbonyl (C=O) groups is 3. The van der Waals surface area contributed by atoms with Crippen molar-refractivity contribution in [3.63, 3.8) is 0 Å². The number of primary amides is 1. The number of aromatic nitrogens is 2. The predicted molar refractivity (Wildman–Crippen MR) is 123 cm³/mol. The van der Waals surface area contributed by atoms with Crippen LogP contribution in [0.1, 0.15) is 47.0 Å². The zero-order valence-corrected chi connectivity index (χ0v) is 17.9. The lowest BCUT2D eigenvalue weighted by Gasteiger charge is -2.29. The Morgan fingerprint density at radius 3 is 2.59 bits per heavy atom. The Balaban J connectivity index is 1.46. The quantitative estimate of drug-likeness (QED) is 0.473. The maximum absolute atomic E-state index is 12.7. The summed E-state index contributed by atoms with van der Waals surface area (Å²) in [6, 6.07) is 11.6. The van der Waals surface area contributed by atoms with Crippen molar-refractivity contribution in [3.05, 3.63) is 53.7 Å². The van der Waals surface area contributed by atoms with Gasteiger partial charge >= 0.3 is 0 Å². The highest BCUT2D eigenvalue weighted by Gasteiger charge is 2.22. The second kappa shape index (κ2) is 9.09. The number of nitrogens with zero attached hydrogens (tertiary/aromatic N) is 2. The van der Waals surface area contributed by atoms with Crippen LogP contribution in [0.25, 0.3) is 10.9 Å². The summed E-state index contributed by atoms with van der Waals surface area (Å²) in [6.07, 6.45) is 3.41. The molecule has 1 aliphatic rings. The number of aromatic amines is 1. The number of para-hydroxylation sites is 1. The van der Waals surface area contributed by atoms with E-state index >= 15 is 0 Å². The summed E-state index contributed by atoms with van der Waals surface area (Å²) >= 11 is 0. The van der Waals surface area contributed by atoms with E-state index < -0.39 is 23.8 Å². The van der Waals surface area contributed by atoms with Crippen molar-refractivity contribution < 1.29 is 14.4 Å². The summed E-state index contributed by atoms with van der Waals surface area (Å²) in [5, 5.41) is 12.9. The number of amides is 3. The van der Waals surface area contributed by atoms with Crippen LogP contribution in [0.15, 0.2) is 42.5 Å². The van der Waals surface area contributed by atoms with Gasteiger partial charge in [0.1, 0.15) is 6.04 Å². The highest BCUT2D eigenvalue weighted by atomic mass is 16.2. The fourth-order valence-electron chi connectivity index (χ4n) is 3.90. The molecule has 5 N–H and O–H groups in total. The highest BCUT2D eigenvalue weighted by Crippen LogP contribution is 2.26. The van der Waals surface area contributed by atoms with Crippen LogP contribution in [0.5, 0.6) is 0 Å². The van der Waals surface area contributed by atoms with Gasteiger partial charge in [0.25, 0.3) is 11.8 Å². The third-order valence-corrected chi connectivity index (χ3v) is 5.67. The van der Waals surface area contributed by atoms with Gasteiger partial charge in [0.15, 0.2) is 5.69 Å². The van der Waals surface area contributed by atoms with Gasteiger partial charge in [-0.2, -0.15) is 5.10 Å². The van der Waals surface area contributed by atoms with Crippen molar-refractivity contribution in [1.82, 2.24) is 15.5 Å². The second-order valence-corrected chi connectivity index (χ2v) is 7.94. The van der Waals surface area contributed by atoms with E-state index in [4.69, 9.17) is 5.73 Å². The van der Waals surface area contributed by atoms with Crippen molar-refractivity contribution in [2.24, 2.45) is 5.73 Å². The Labute approximate surface area is 185 Å². The van der Waals surface area contributed by atoms with E-state index in [1.165, 1.54) is 6.42 Å². The molecule has 0 bridgehead atoms. The molecule has 1 atom stereocenters. The Morgan fingerprint density at radius 1 is 1.09 bits per heavy atom. The predicted octanol–water partition coefficient (Wildman–Crippen LogP) is 2.41. The highest BCUT2D eigenvalue weighted by molar-refractivity contribution is 6.08. The molecule has 2 aromatic carbocycles. The standard InChI is InChI=1S/C23H26N6O3/c1-14(25-23(32)20-16-7-3-4-8-19(16)27-28-20)22(31)26-18-10-9-15(13-17(18)21(24)30)29-11-5-2-6-12-29/h3-4,7-10,13-14H,2,5-6,11-12H2,1H3,(H2,24,30)(H,25,32)(H,26,31)(H,27,28). The molecule has 1 saturated heterocycles. The number of carbonyl (C=O) groups excluding carboxylic acids is 3. The Hall–Kier alpha value is -3.88. The van der Waals surface area contributed by atoms with E-state index in [-0.39, 0.29) is 11.3 Å². The number of fused-ring (bicyclic) bond motifs is 1. The summed E-state index contributed by atoms with van der Waals surface area (Å²) in [7, 11) is 0. The number of rotatable bonds is 6. The van der Waals surface area contributed by atoms with Gasteiger partial charge in [0, 0.05) is 24.2 Å². The Kier molecular flexibility index (Phi) is 6.07. The maximum Gasteiger partial charge on any atom is 0.273 e. The van der Waals surface area contributed by atoms with E-state index in [2.05, 4.69) is 25.7 Å². The molecule has 0 radical (unpaired) electrons. The molecule has 0 spiro atoms. The molecule has 166 valence electrons. The van der Waals surface area contributed by atoms with Crippen molar-refractivity contribution >= 4 is 40.0 Å². The minimum absolute atomic E-state index is 0.212. The summed E-state index contributed by atoms with van der Waals surface area (Å²) in [6.45, 7) is 3.41. The molecule has 9 heteroatoms. The average molecular weight is 435 g/mol. The second-order valence-electron chi connectivity index (χ2n) is 7.94. The molecule has 1 aliphatic heterocycles. The number of nitrogens with one attached hydrogen (secondary N) is 3. The van der Waals surface area contributed by atoms with Gasteiger partial charge in [-0.15, -0.1) is 0 Å². The van der Waals surface area contributed by atoms with E-state index in [1.54, 1.807) is 25.1 Å². The summed E-state index contributed by atoms with van der Waals surface area (Å²) in [4.78, 5) is 39.6. The smallest absolute Gasteiger partial charge is 0.273 e. The molecule has 4 rings (SSSR count). The molecule has 1 unspecified atom stereocenters. The average Bonchev–Trinajstić information content (AvgIpc) is 3.24. The van der Waals surface area contributed by atoms with Gasteiger partial charge in [-0.3, -0.25) is 19.5 Å². The first kappa shape index (κ1) is 21.4. The largest absolute Gasteiger partial charge is 0.372 e. The minimum atomic E-state index is -0.861. The summed E-state index contributed by atoms with van der Waals surface area (Å²) < 4.78 is 0. The molecule has 0 aliphatic carbocycles. The third-order valence-electron chi connectivity index (χ3n) is 5.67. The van der Waals surface area contributed by atoms with E-state index in [1.807, 2.05) is 24.3 Å². The zero-order valence-electron chi connectivity index (χ0n) is 17.9. The van der Waals surface area contributed by atoms with Crippen LogP contribution >= 0.6 is 0 Å². The van der Waals surface area contributed by atoms with Gasteiger partial charge in [0.05, 0.1) is 16.8 Å². The number of anilines is 2. The monoisotopic (exact) mass is 434 g/mol. The van der Waals surface area contributed by atoms with Crippen molar-refractivity contribution in [3.8, 4) is 0 Å². The number of hydrogen-bond acceptors (Lipinski definition) is 5. The summed E-state index contributed by atoms with van der Waals surface area (Å²) in [5.41, 5.74) is 7.97. The topological polar surface area (TPSA) is 133 Å². The minimum Gasteiger partial charge on any atom is -0.372 e. The van der Waals surface area contributed by atoms with Gasteiger partial charge in [-0.05, 0) is 50.5 Å². The Morgan fingerprint density at radius 2 is 1.84 bits per heavy atom. The lowest BCUT2D eigenvalue weighted by Crippen LogP contribution is -2.42. The first-order chi connectivity index (χ1) is 15.4. The normalized spacial score (nSPS) is 14.7. The molecule has 1 aromatic heterocycles. The first-order valence-corrected chi connectivity index (χ1v) is 10.7. The van der Waals surface area contributed by atoms with Crippen LogP contribution in [-0.2, 0) is 4.79 Å². The van der Waals surface area contributed by atoms with Crippen molar-refractivity contribution in [2.45, 2.75) is 32.2 Å². The number of piperidine rings is 1. The Bertz CT molecular complexity index is 1170. The molecule has 9 nitrogen and oxygen atoms in total. The fourth-order valence-corrected chi connectivity index (χ4v) is 3.90. The molecule has 1 fully saturated rings. The van der Waals surface area contributed by atoms with Crippen LogP contribution in [-0.4, -0.2) is 47.1 Å². The van der Waals surface area contributed by atoms with Gasteiger partial charge in [0.2, 0.25) is 5.91 Å². The molecule has 32 heavy (non-hydrogen) atoms.